The molecule has 2 atom stereocenters. The van der Waals surface area contributed by atoms with E-state index in [1.54, 1.807) is 41.5 Å². The summed E-state index contributed by atoms with van der Waals surface area (Å²) >= 11 is 0. The Morgan fingerprint density at radius 1 is 0.558 bits per heavy atom. The van der Waals surface area contributed by atoms with E-state index in [0.717, 1.165) is 11.8 Å². The van der Waals surface area contributed by atoms with Crippen molar-refractivity contribution in [2.24, 2.45) is 10.8 Å². The second-order valence-electron chi connectivity index (χ2n) is 13.0. The summed E-state index contributed by atoms with van der Waals surface area (Å²) in [5.74, 6) is 0.863. The molecule has 0 aromatic carbocycles. The van der Waals surface area contributed by atoms with E-state index in [9.17, 15) is 19.2 Å². The van der Waals surface area contributed by atoms with Crippen LogP contribution in [0.5, 0.6) is 0 Å². The van der Waals surface area contributed by atoms with Crippen molar-refractivity contribution in [3.63, 3.8) is 0 Å². The van der Waals surface area contributed by atoms with Crippen LogP contribution in [0, 0.1) is 74.0 Å². The summed E-state index contributed by atoms with van der Waals surface area (Å²) in [6.45, 7) is 18.1. The number of ether oxygens (including phenoxy) is 4. The smallest absolute Gasteiger partial charge is 0.467 e. The Kier molecular flexibility index (Phi) is 16.1. The molecule has 2 aliphatic rings. The minimum Gasteiger partial charge on any atom is -0.467 e. The molecule has 10 nitrogen and oxygen atoms in total. The molecule has 11 heteroatoms. The number of hydrogen-bond acceptors (Lipinski definition) is 8. The van der Waals surface area contributed by atoms with E-state index in [4.69, 9.17) is 18.9 Å². The molecule has 0 bridgehead atoms. The first-order chi connectivity index (χ1) is 19.2. The van der Waals surface area contributed by atoms with Crippen molar-refractivity contribution in [1.29, 1.82) is 0 Å². The van der Waals surface area contributed by atoms with E-state index >= 15 is 0 Å². The molecular weight excluding hydrogens is 596 g/mol. The zero-order chi connectivity index (χ0) is 32.5. The molecule has 0 unspecified atom stereocenters. The van der Waals surface area contributed by atoms with Crippen LogP contribution in [0.4, 0.5) is 9.59 Å². The summed E-state index contributed by atoms with van der Waals surface area (Å²) < 4.78 is 20.1. The predicted molar refractivity (Wildman–Crippen MR) is 159 cm³/mol. The molecule has 0 heterocycles. The topological polar surface area (TPSA) is 129 Å². The van der Waals surface area contributed by atoms with Gasteiger partial charge >= 0.3 is 41.2 Å². The average molecular weight is 645 g/mol. The van der Waals surface area contributed by atoms with Crippen LogP contribution in [0.1, 0.15) is 69.2 Å². The number of alkyl carbamates (subject to hydrolysis) is 2. The molecule has 2 N–H and O–H groups in total. The van der Waals surface area contributed by atoms with Crippen molar-refractivity contribution in [3.05, 3.63) is 63.2 Å². The fourth-order valence-corrected chi connectivity index (χ4v) is 4.09. The summed E-state index contributed by atoms with van der Waals surface area (Å²) in [7, 11) is 2.60. The fourth-order valence-electron chi connectivity index (χ4n) is 4.09. The van der Waals surface area contributed by atoms with Crippen LogP contribution in [-0.4, -0.2) is 61.6 Å². The third kappa shape index (κ3) is 13.3. The molecule has 2 fully saturated rings. The van der Waals surface area contributed by atoms with E-state index in [-0.39, 0.29) is 17.1 Å². The molecule has 0 aromatic heterocycles. The molecule has 0 spiro atoms. The van der Waals surface area contributed by atoms with Gasteiger partial charge < -0.3 is 29.6 Å². The van der Waals surface area contributed by atoms with E-state index in [0.29, 0.717) is 0 Å². The maximum absolute atomic E-state index is 12.1. The van der Waals surface area contributed by atoms with Crippen LogP contribution in [-0.2, 0) is 45.6 Å². The number of carbonyl (C=O) groups excluding carboxylic acids is 4. The van der Waals surface area contributed by atoms with Gasteiger partial charge in [0.15, 0.2) is 0 Å². The van der Waals surface area contributed by atoms with Crippen molar-refractivity contribution in [3.8, 4) is 0 Å². The van der Waals surface area contributed by atoms with Gasteiger partial charge in [0.25, 0.3) is 0 Å². The Hall–Kier alpha value is -2.00. The molecule has 0 aromatic rings. The standard InChI is InChI=1S/2C16H24NO4.Fe/c2*1-15(2,3)21-14(19)17-12(13(18)20-6)16(4,5)11-9-7-8-10-11;/h2*7-10,12H,1-6H3,(H,17,19);/q;;+2/t2*12-;/m00./s1. The first-order valence-electron chi connectivity index (χ1n) is 13.7. The van der Waals surface area contributed by atoms with Gasteiger partial charge in [0.05, 0.1) is 14.2 Å². The van der Waals surface area contributed by atoms with Gasteiger partial charge in [0.1, 0.15) is 23.3 Å². The van der Waals surface area contributed by atoms with Gasteiger partial charge in [-0.05, 0) is 105 Å². The molecule has 2 rings (SSSR count). The Balaban J connectivity index is 0.000000802. The van der Waals surface area contributed by atoms with Crippen LogP contribution in [0.2, 0.25) is 0 Å². The first kappa shape index (κ1) is 41.0. The van der Waals surface area contributed by atoms with Crippen LogP contribution >= 0.6 is 0 Å². The van der Waals surface area contributed by atoms with Crippen molar-refractivity contribution in [2.45, 2.75) is 92.5 Å². The number of hydrogen-bond donors (Lipinski definition) is 2. The number of esters is 2. The predicted octanol–water partition coefficient (Wildman–Crippen LogP) is 4.97. The average Bonchev–Trinajstić information content (AvgIpc) is 3.58. The molecular formula is C32H48FeN2O8+2. The van der Waals surface area contributed by atoms with Gasteiger partial charge in [-0.3, -0.25) is 0 Å². The number of methoxy groups -OCH3 is 2. The number of amides is 2. The Morgan fingerprint density at radius 2 is 0.814 bits per heavy atom. The van der Waals surface area contributed by atoms with Gasteiger partial charge in [0, 0.05) is 10.8 Å². The van der Waals surface area contributed by atoms with Crippen LogP contribution in [0.3, 0.4) is 0 Å². The number of nitrogens with one attached hydrogen (secondary N) is 2. The van der Waals surface area contributed by atoms with Crippen LogP contribution < -0.4 is 10.6 Å². The van der Waals surface area contributed by atoms with Crippen molar-refractivity contribution >= 4 is 24.1 Å². The minimum absolute atomic E-state index is 0. The van der Waals surface area contributed by atoms with Crippen molar-refractivity contribution < 1.29 is 55.2 Å². The molecule has 2 aliphatic carbocycles. The van der Waals surface area contributed by atoms with E-state index < -0.39 is 58.2 Å². The summed E-state index contributed by atoms with van der Waals surface area (Å²) in [5.41, 5.74) is -2.49. The number of carbonyl (C=O) groups is 4. The Morgan fingerprint density at radius 3 is 1.02 bits per heavy atom. The van der Waals surface area contributed by atoms with Gasteiger partial charge in [-0.1, -0.05) is 27.7 Å². The second kappa shape index (κ2) is 16.9. The summed E-state index contributed by atoms with van der Waals surface area (Å²) in [4.78, 5) is 48.1. The molecule has 240 valence electrons. The van der Waals surface area contributed by atoms with Gasteiger partial charge in [-0.25, -0.2) is 19.2 Å². The van der Waals surface area contributed by atoms with Crippen molar-refractivity contribution in [1.82, 2.24) is 10.6 Å². The van der Waals surface area contributed by atoms with Crippen LogP contribution in [0.15, 0.2) is 0 Å². The third-order valence-electron chi connectivity index (χ3n) is 6.45. The summed E-state index contributed by atoms with van der Waals surface area (Å²) in [6.07, 6.45) is 13.9. The maximum atomic E-state index is 12.1. The van der Waals surface area contributed by atoms with E-state index in [1.807, 2.05) is 79.1 Å². The largest absolute Gasteiger partial charge is 2.00 e. The quantitative estimate of drug-likeness (QED) is 0.216. The van der Waals surface area contributed by atoms with Gasteiger partial charge in [-0.2, -0.15) is 0 Å². The van der Waals surface area contributed by atoms with Crippen LogP contribution in [0.25, 0.3) is 0 Å². The second-order valence-corrected chi connectivity index (χ2v) is 13.0. The third-order valence-corrected chi connectivity index (χ3v) is 6.45. The maximum Gasteiger partial charge on any atom is 2.00 e. The normalized spacial score (nSPS) is 17.8. The molecule has 2 saturated carbocycles. The summed E-state index contributed by atoms with van der Waals surface area (Å²) in [6, 6.07) is -1.67. The molecule has 2 amide bonds. The van der Waals surface area contributed by atoms with Crippen molar-refractivity contribution in [2.75, 3.05) is 14.2 Å². The molecule has 0 aliphatic heterocycles. The molecule has 10 radical (unpaired) electrons. The first-order valence-corrected chi connectivity index (χ1v) is 13.7. The zero-order valence-corrected chi connectivity index (χ0v) is 28.5. The number of rotatable bonds is 8. The monoisotopic (exact) mass is 644 g/mol. The zero-order valence-electron chi connectivity index (χ0n) is 27.4. The Labute approximate surface area is 270 Å². The molecule has 43 heavy (non-hydrogen) atoms. The fraction of sp³-hybridized carbons (Fsp3) is 0.562. The molecule has 0 saturated heterocycles. The van der Waals surface area contributed by atoms with E-state index in [1.165, 1.54) is 14.2 Å². The Bertz CT molecular complexity index is 837. The van der Waals surface area contributed by atoms with Gasteiger partial charge in [-0.15, -0.1) is 0 Å². The van der Waals surface area contributed by atoms with E-state index in [2.05, 4.69) is 10.6 Å². The minimum atomic E-state index is -0.834. The van der Waals surface area contributed by atoms with Gasteiger partial charge in [0.2, 0.25) is 0 Å². The summed E-state index contributed by atoms with van der Waals surface area (Å²) in [5, 5.41) is 5.23. The SMILES string of the molecule is COC(=O)[C@H](NC(=O)OC(C)(C)C)C(C)(C)[C]1[CH][CH][CH][CH]1.COC(=O)[C@H](NC(=O)OC(C)(C)C)C(C)(C)[C]1[CH][CH][CH][CH]1.[Fe+2].